The first-order valence-electron chi connectivity index (χ1n) is 6.17. The molecule has 0 amide bonds. The quantitative estimate of drug-likeness (QED) is 0.871. The van der Waals surface area contributed by atoms with Gasteiger partial charge in [-0.2, -0.15) is 4.98 Å². The minimum atomic E-state index is 0.180. The van der Waals surface area contributed by atoms with Gasteiger partial charge in [-0.1, -0.05) is 19.0 Å². The molecule has 0 spiro atoms. The lowest BCUT2D eigenvalue weighted by atomic mass is 10.0. The van der Waals surface area contributed by atoms with Crippen LogP contribution >= 0.6 is 0 Å². The molecule has 98 valence electrons. The largest absolute Gasteiger partial charge is 0.339 e. The lowest BCUT2D eigenvalue weighted by Gasteiger charge is -2.16. The predicted octanol–water partition coefficient (Wildman–Crippen LogP) is 1.57. The van der Waals surface area contributed by atoms with E-state index in [0.29, 0.717) is 17.8 Å². The third kappa shape index (κ3) is 2.43. The summed E-state index contributed by atoms with van der Waals surface area (Å²) in [5.74, 6) is 1.42. The smallest absolute Gasteiger partial charge is 0.231 e. The summed E-state index contributed by atoms with van der Waals surface area (Å²) in [6, 6.07) is 0.301. The fraction of sp³-hybridized carbons (Fsp3) is 0.583. The highest BCUT2D eigenvalue weighted by atomic mass is 16.5. The maximum atomic E-state index is 5.33. The Morgan fingerprint density at radius 2 is 2.22 bits per heavy atom. The van der Waals surface area contributed by atoms with E-state index >= 15 is 0 Å². The van der Waals surface area contributed by atoms with Gasteiger partial charge in [-0.15, -0.1) is 0 Å². The molecule has 2 heterocycles. The molecule has 6 nitrogen and oxygen atoms in total. The van der Waals surface area contributed by atoms with Gasteiger partial charge in [0.1, 0.15) is 5.69 Å². The zero-order chi connectivity index (χ0) is 13.1. The Balaban J connectivity index is 2.18. The molecule has 2 unspecified atom stereocenters. The van der Waals surface area contributed by atoms with E-state index in [1.54, 1.807) is 12.5 Å². The SMILES string of the molecule is CCNC(C)C(C)c1nc(-c2cncn2C)no1. The van der Waals surface area contributed by atoms with E-state index in [9.17, 15) is 0 Å². The molecule has 2 rings (SSSR count). The molecule has 0 saturated carbocycles. The van der Waals surface area contributed by atoms with Crippen molar-refractivity contribution in [1.82, 2.24) is 25.0 Å². The Morgan fingerprint density at radius 1 is 1.44 bits per heavy atom. The minimum Gasteiger partial charge on any atom is -0.339 e. The summed E-state index contributed by atoms with van der Waals surface area (Å²) in [4.78, 5) is 8.48. The highest BCUT2D eigenvalue weighted by molar-refractivity contribution is 5.47. The number of likely N-dealkylation sites (N-methyl/N-ethyl adjacent to an activating group) is 1. The number of aryl methyl sites for hydroxylation is 1. The fourth-order valence-electron chi connectivity index (χ4n) is 1.81. The maximum absolute atomic E-state index is 5.33. The van der Waals surface area contributed by atoms with Crippen LogP contribution in [0.3, 0.4) is 0 Å². The third-order valence-electron chi connectivity index (χ3n) is 3.15. The number of hydrogen-bond acceptors (Lipinski definition) is 5. The van der Waals surface area contributed by atoms with E-state index in [-0.39, 0.29) is 5.92 Å². The number of imidazole rings is 1. The Labute approximate surface area is 106 Å². The molecule has 0 radical (unpaired) electrons. The first kappa shape index (κ1) is 12.8. The van der Waals surface area contributed by atoms with Gasteiger partial charge in [-0.3, -0.25) is 0 Å². The Hall–Kier alpha value is -1.69. The van der Waals surface area contributed by atoms with Crippen LogP contribution in [0.4, 0.5) is 0 Å². The van der Waals surface area contributed by atoms with Gasteiger partial charge >= 0.3 is 0 Å². The molecule has 1 N–H and O–H groups in total. The molecule has 0 fully saturated rings. The van der Waals surface area contributed by atoms with Crippen LogP contribution in [-0.2, 0) is 7.05 Å². The van der Waals surface area contributed by atoms with Gasteiger partial charge in [-0.25, -0.2) is 4.98 Å². The average Bonchev–Trinajstić information content (AvgIpc) is 2.96. The molecule has 0 aliphatic carbocycles. The average molecular weight is 249 g/mol. The molecule has 0 aromatic carbocycles. The molecule has 2 aromatic rings. The molecule has 6 heteroatoms. The monoisotopic (exact) mass is 249 g/mol. The predicted molar refractivity (Wildman–Crippen MR) is 68.1 cm³/mol. The van der Waals surface area contributed by atoms with E-state index in [1.807, 2.05) is 11.6 Å². The zero-order valence-corrected chi connectivity index (χ0v) is 11.2. The molecular weight excluding hydrogens is 230 g/mol. The second-order valence-corrected chi connectivity index (χ2v) is 4.48. The van der Waals surface area contributed by atoms with Gasteiger partial charge in [-0.05, 0) is 13.5 Å². The number of rotatable bonds is 5. The van der Waals surface area contributed by atoms with Gasteiger partial charge in [0, 0.05) is 13.1 Å². The van der Waals surface area contributed by atoms with Crippen LogP contribution in [0.5, 0.6) is 0 Å². The van der Waals surface area contributed by atoms with Crippen molar-refractivity contribution in [3.63, 3.8) is 0 Å². The fourth-order valence-corrected chi connectivity index (χ4v) is 1.81. The number of nitrogens with one attached hydrogen (secondary N) is 1. The lowest BCUT2D eigenvalue weighted by molar-refractivity contribution is 0.332. The summed E-state index contributed by atoms with van der Waals surface area (Å²) >= 11 is 0. The van der Waals surface area contributed by atoms with Crippen molar-refractivity contribution in [2.24, 2.45) is 7.05 Å². The van der Waals surface area contributed by atoms with Crippen molar-refractivity contribution in [2.45, 2.75) is 32.7 Å². The van der Waals surface area contributed by atoms with Crippen molar-refractivity contribution >= 4 is 0 Å². The molecule has 0 aliphatic heterocycles. The Bertz CT molecular complexity index is 504. The van der Waals surface area contributed by atoms with Crippen LogP contribution in [0.15, 0.2) is 17.0 Å². The third-order valence-corrected chi connectivity index (χ3v) is 3.15. The highest BCUT2D eigenvalue weighted by Crippen LogP contribution is 2.21. The van der Waals surface area contributed by atoms with Crippen molar-refractivity contribution in [2.75, 3.05) is 6.54 Å². The van der Waals surface area contributed by atoms with E-state index in [1.165, 1.54) is 0 Å². The van der Waals surface area contributed by atoms with Gasteiger partial charge < -0.3 is 14.4 Å². The second kappa shape index (κ2) is 5.30. The topological polar surface area (TPSA) is 68.8 Å². The summed E-state index contributed by atoms with van der Waals surface area (Å²) in [6.45, 7) is 7.20. The summed E-state index contributed by atoms with van der Waals surface area (Å²) in [7, 11) is 1.91. The normalized spacial score (nSPS) is 14.7. The number of nitrogens with zero attached hydrogens (tertiary/aromatic N) is 4. The van der Waals surface area contributed by atoms with Crippen molar-refractivity contribution in [3.8, 4) is 11.5 Å². The van der Waals surface area contributed by atoms with Gasteiger partial charge in [0.05, 0.1) is 18.4 Å². The van der Waals surface area contributed by atoms with E-state index in [0.717, 1.165) is 12.2 Å². The molecule has 0 aliphatic rings. The van der Waals surface area contributed by atoms with Crippen molar-refractivity contribution < 1.29 is 4.52 Å². The zero-order valence-electron chi connectivity index (χ0n) is 11.2. The van der Waals surface area contributed by atoms with Crippen LogP contribution in [0, 0.1) is 0 Å². The standard InChI is InChI=1S/C12H19N5O/c1-5-14-9(3)8(2)12-15-11(16-18-12)10-6-13-7-17(10)4/h6-9,14H,5H2,1-4H3. The summed E-state index contributed by atoms with van der Waals surface area (Å²) < 4.78 is 7.20. The Morgan fingerprint density at radius 3 is 2.83 bits per heavy atom. The van der Waals surface area contributed by atoms with E-state index < -0.39 is 0 Å². The van der Waals surface area contributed by atoms with Crippen molar-refractivity contribution in [1.29, 1.82) is 0 Å². The number of hydrogen-bond donors (Lipinski definition) is 1. The van der Waals surface area contributed by atoms with E-state index in [4.69, 9.17) is 4.52 Å². The molecule has 0 saturated heterocycles. The van der Waals surface area contributed by atoms with Crippen LogP contribution in [0.2, 0.25) is 0 Å². The lowest BCUT2D eigenvalue weighted by Crippen LogP contribution is -2.30. The number of aromatic nitrogens is 4. The van der Waals surface area contributed by atoms with Crippen LogP contribution in [0.1, 0.15) is 32.6 Å². The molecular formula is C12H19N5O. The minimum absolute atomic E-state index is 0.180. The molecule has 2 aromatic heterocycles. The Kier molecular flexibility index (Phi) is 3.76. The molecule has 2 atom stereocenters. The second-order valence-electron chi connectivity index (χ2n) is 4.48. The summed E-state index contributed by atoms with van der Waals surface area (Å²) in [5.41, 5.74) is 0.855. The van der Waals surface area contributed by atoms with E-state index in [2.05, 4.69) is 41.2 Å². The van der Waals surface area contributed by atoms with Crippen LogP contribution in [0.25, 0.3) is 11.5 Å². The van der Waals surface area contributed by atoms with Crippen LogP contribution < -0.4 is 5.32 Å². The summed E-state index contributed by atoms with van der Waals surface area (Å²) in [6.07, 6.45) is 3.45. The van der Waals surface area contributed by atoms with Gasteiger partial charge in [0.2, 0.25) is 11.7 Å². The summed E-state index contributed by atoms with van der Waals surface area (Å²) in [5, 5.41) is 7.36. The molecule has 18 heavy (non-hydrogen) atoms. The highest BCUT2D eigenvalue weighted by Gasteiger charge is 2.21. The van der Waals surface area contributed by atoms with Crippen molar-refractivity contribution in [3.05, 3.63) is 18.4 Å². The first-order chi connectivity index (χ1) is 8.63. The maximum Gasteiger partial charge on any atom is 0.231 e. The van der Waals surface area contributed by atoms with Gasteiger partial charge in [0.15, 0.2) is 0 Å². The first-order valence-corrected chi connectivity index (χ1v) is 6.17. The van der Waals surface area contributed by atoms with Gasteiger partial charge in [0.25, 0.3) is 0 Å². The molecule has 0 bridgehead atoms. The van der Waals surface area contributed by atoms with Crippen LogP contribution in [-0.4, -0.2) is 32.3 Å².